The van der Waals surface area contributed by atoms with E-state index in [4.69, 9.17) is 15.6 Å². The van der Waals surface area contributed by atoms with Crippen molar-refractivity contribution in [3.63, 3.8) is 0 Å². The molecule has 92 valence electrons. The van der Waals surface area contributed by atoms with E-state index >= 15 is 0 Å². The van der Waals surface area contributed by atoms with Crippen molar-refractivity contribution in [3.05, 3.63) is 29.8 Å². The zero-order valence-corrected chi connectivity index (χ0v) is 9.34. The normalized spacial score (nSPS) is 11.9. The number of benzene rings is 1. The van der Waals surface area contributed by atoms with Crippen LogP contribution in [0.5, 0.6) is 0 Å². The SMILES string of the molecule is COCC(N)C(=O)Nc1ccccc1C(=O)O. The number of carbonyl (C=O) groups is 2. The first-order valence-electron chi connectivity index (χ1n) is 4.94. The summed E-state index contributed by atoms with van der Waals surface area (Å²) in [5, 5.41) is 11.4. The number of rotatable bonds is 5. The Morgan fingerprint density at radius 2 is 2.12 bits per heavy atom. The number of hydrogen-bond donors (Lipinski definition) is 3. The largest absolute Gasteiger partial charge is 0.478 e. The van der Waals surface area contributed by atoms with Gasteiger partial charge >= 0.3 is 5.97 Å². The fourth-order valence-electron chi connectivity index (χ4n) is 1.26. The van der Waals surface area contributed by atoms with Crippen LogP contribution in [0.3, 0.4) is 0 Å². The molecule has 0 fully saturated rings. The zero-order chi connectivity index (χ0) is 12.8. The third-order valence-corrected chi connectivity index (χ3v) is 2.10. The summed E-state index contributed by atoms with van der Waals surface area (Å²) in [5.41, 5.74) is 5.76. The van der Waals surface area contributed by atoms with Crippen molar-refractivity contribution in [2.24, 2.45) is 5.73 Å². The number of anilines is 1. The highest BCUT2D eigenvalue weighted by atomic mass is 16.5. The first-order chi connectivity index (χ1) is 8.06. The lowest BCUT2D eigenvalue weighted by molar-refractivity contribution is -0.118. The molecule has 6 nitrogen and oxygen atoms in total. The van der Waals surface area contributed by atoms with Crippen LogP contribution in [-0.2, 0) is 9.53 Å². The van der Waals surface area contributed by atoms with Crippen molar-refractivity contribution in [1.29, 1.82) is 0 Å². The molecule has 0 heterocycles. The second-order valence-corrected chi connectivity index (χ2v) is 3.40. The lowest BCUT2D eigenvalue weighted by atomic mass is 10.1. The summed E-state index contributed by atoms with van der Waals surface area (Å²) in [7, 11) is 1.43. The van der Waals surface area contributed by atoms with Gasteiger partial charge < -0.3 is 20.9 Å². The molecule has 1 unspecified atom stereocenters. The van der Waals surface area contributed by atoms with Gasteiger partial charge in [0.05, 0.1) is 17.9 Å². The minimum atomic E-state index is -1.11. The quantitative estimate of drug-likeness (QED) is 0.684. The Morgan fingerprint density at radius 1 is 1.47 bits per heavy atom. The fourth-order valence-corrected chi connectivity index (χ4v) is 1.26. The highest BCUT2D eigenvalue weighted by Gasteiger charge is 2.16. The number of carboxylic acid groups (broad SMARTS) is 1. The lowest BCUT2D eigenvalue weighted by Gasteiger charge is -2.12. The maximum atomic E-state index is 11.6. The van der Waals surface area contributed by atoms with Gasteiger partial charge in [0.2, 0.25) is 5.91 Å². The molecule has 0 aliphatic heterocycles. The van der Waals surface area contributed by atoms with E-state index in [1.165, 1.54) is 19.2 Å². The van der Waals surface area contributed by atoms with Crippen LogP contribution in [0.25, 0.3) is 0 Å². The molecule has 1 amide bonds. The molecule has 1 aromatic rings. The number of methoxy groups -OCH3 is 1. The number of aromatic carboxylic acids is 1. The Balaban J connectivity index is 2.81. The van der Waals surface area contributed by atoms with Crippen molar-refractivity contribution < 1.29 is 19.4 Å². The predicted molar refractivity (Wildman–Crippen MR) is 61.9 cm³/mol. The Labute approximate surface area is 98.4 Å². The van der Waals surface area contributed by atoms with Crippen LogP contribution in [0, 0.1) is 0 Å². The van der Waals surface area contributed by atoms with Crippen molar-refractivity contribution in [1.82, 2.24) is 0 Å². The van der Waals surface area contributed by atoms with Gasteiger partial charge in [0.1, 0.15) is 6.04 Å². The van der Waals surface area contributed by atoms with Gasteiger partial charge in [-0.3, -0.25) is 4.79 Å². The van der Waals surface area contributed by atoms with Gasteiger partial charge in [0.25, 0.3) is 0 Å². The Kier molecular flexibility index (Phi) is 4.62. The minimum Gasteiger partial charge on any atom is -0.478 e. The Hall–Kier alpha value is -1.92. The summed E-state index contributed by atoms with van der Waals surface area (Å²) in [5.74, 6) is -1.60. The first kappa shape index (κ1) is 13.1. The third kappa shape index (κ3) is 3.54. The van der Waals surface area contributed by atoms with E-state index in [1.54, 1.807) is 12.1 Å². The van der Waals surface area contributed by atoms with Gasteiger partial charge in [-0.2, -0.15) is 0 Å². The number of nitrogens with two attached hydrogens (primary N) is 1. The molecular weight excluding hydrogens is 224 g/mol. The number of carbonyl (C=O) groups excluding carboxylic acids is 1. The van der Waals surface area contributed by atoms with E-state index in [0.29, 0.717) is 0 Å². The second-order valence-electron chi connectivity index (χ2n) is 3.40. The van der Waals surface area contributed by atoms with Crippen LogP contribution in [0.4, 0.5) is 5.69 Å². The van der Waals surface area contributed by atoms with Crippen molar-refractivity contribution in [2.45, 2.75) is 6.04 Å². The monoisotopic (exact) mass is 238 g/mol. The molecule has 0 radical (unpaired) electrons. The topological polar surface area (TPSA) is 102 Å². The Bertz CT molecular complexity index is 420. The molecule has 0 aliphatic rings. The summed E-state index contributed by atoms with van der Waals surface area (Å²) in [6.07, 6.45) is 0. The Morgan fingerprint density at radius 3 is 2.71 bits per heavy atom. The van der Waals surface area contributed by atoms with E-state index in [-0.39, 0.29) is 17.9 Å². The van der Waals surface area contributed by atoms with Crippen LogP contribution < -0.4 is 11.1 Å². The average molecular weight is 238 g/mol. The number of para-hydroxylation sites is 1. The summed E-state index contributed by atoms with van der Waals surface area (Å²) >= 11 is 0. The van der Waals surface area contributed by atoms with Crippen LogP contribution in [-0.4, -0.2) is 36.7 Å². The molecule has 0 saturated carbocycles. The van der Waals surface area contributed by atoms with E-state index in [2.05, 4.69) is 5.32 Å². The summed E-state index contributed by atoms with van der Waals surface area (Å²) < 4.78 is 4.74. The molecule has 1 rings (SSSR count). The maximum absolute atomic E-state index is 11.6. The molecular formula is C11H14N2O4. The van der Waals surface area contributed by atoms with Crippen LogP contribution in [0.15, 0.2) is 24.3 Å². The summed E-state index contributed by atoms with van der Waals surface area (Å²) in [6.45, 7) is 0.0705. The number of nitrogens with one attached hydrogen (secondary N) is 1. The minimum absolute atomic E-state index is 0.0190. The summed E-state index contributed by atoms with van der Waals surface area (Å²) in [6, 6.07) is 5.28. The van der Waals surface area contributed by atoms with Gasteiger partial charge in [0.15, 0.2) is 0 Å². The van der Waals surface area contributed by atoms with E-state index < -0.39 is 17.9 Å². The highest BCUT2D eigenvalue weighted by molar-refractivity contribution is 6.02. The average Bonchev–Trinajstić information content (AvgIpc) is 2.29. The van der Waals surface area contributed by atoms with Crippen molar-refractivity contribution in [3.8, 4) is 0 Å². The lowest BCUT2D eigenvalue weighted by Crippen LogP contribution is -2.39. The van der Waals surface area contributed by atoms with Gasteiger partial charge in [-0.15, -0.1) is 0 Å². The molecule has 0 spiro atoms. The van der Waals surface area contributed by atoms with Crippen molar-refractivity contribution in [2.75, 3.05) is 19.0 Å². The molecule has 0 aromatic heterocycles. The van der Waals surface area contributed by atoms with Gasteiger partial charge in [-0.1, -0.05) is 12.1 Å². The predicted octanol–water partition coefficient (Wildman–Crippen LogP) is 0.297. The van der Waals surface area contributed by atoms with Gasteiger partial charge in [0, 0.05) is 7.11 Å². The third-order valence-electron chi connectivity index (χ3n) is 2.10. The number of carboxylic acids is 1. The fraction of sp³-hybridized carbons (Fsp3) is 0.273. The highest BCUT2D eigenvalue weighted by Crippen LogP contribution is 2.14. The molecule has 0 saturated heterocycles. The van der Waals surface area contributed by atoms with E-state index in [1.807, 2.05) is 0 Å². The van der Waals surface area contributed by atoms with Crippen molar-refractivity contribution >= 4 is 17.6 Å². The smallest absolute Gasteiger partial charge is 0.337 e. The first-order valence-corrected chi connectivity index (χ1v) is 4.94. The maximum Gasteiger partial charge on any atom is 0.337 e. The summed E-state index contributed by atoms with van der Waals surface area (Å²) in [4.78, 5) is 22.5. The molecule has 17 heavy (non-hydrogen) atoms. The zero-order valence-electron chi connectivity index (χ0n) is 9.34. The second kappa shape index (κ2) is 5.97. The van der Waals surface area contributed by atoms with E-state index in [9.17, 15) is 9.59 Å². The standard InChI is InChI=1S/C11H14N2O4/c1-17-6-8(12)10(14)13-9-5-3-2-4-7(9)11(15)16/h2-5,8H,6,12H2,1H3,(H,13,14)(H,15,16). The van der Waals surface area contributed by atoms with E-state index in [0.717, 1.165) is 0 Å². The van der Waals surface area contributed by atoms with Crippen LogP contribution in [0.2, 0.25) is 0 Å². The number of ether oxygens (including phenoxy) is 1. The molecule has 6 heteroatoms. The van der Waals surface area contributed by atoms with Gasteiger partial charge in [-0.25, -0.2) is 4.79 Å². The van der Waals surface area contributed by atoms with Gasteiger partial charge in [-0.05, 0) is 12.1 Å². The molecule has 1 aromatic carbocycles. The van der Waals surface area contributed by atoms with Crippen LogP contribution in [0.1, 0.15) is 10.4 Å². The molecule has 0 bridgehead atoms. The number of amides is 1. The molecule has 1 atom stereocenters. The molecule has 0 aliphatic carbocycles. The molecule has 4 N–H and O–H groups in total. The van der Waals surface area contributed by atoms with Crippen LogP contribution >= 0.6 is 0 Å². The number of hydrogen-bond acceptors (Lipinski definition) is 4.